The molecule has 2 rings (SSSR count). The highest BCUT2D eigenvalue weighted by Crippen LogP contribution is 2.21. The molecule has 0 aliphatic rings. The third-order valence-corrected chi connectivity index (χ3v) is 6.09. The lowest BCUT2D eigenvalue weighted by Gasteiger charge is -2.28. The Morgan fingerprint density at radius 1 is 1.00 bits per heavy atom. The Morgan fingerprint density at radius 2 is 1.59 bits per heavy atom. The molecule has 0 aliphatic heterocycles. The number of aliphatic hydroxyl groups is 1. The highest BCUT2D eigenvalue weighted by Gasteiger charge is 2.29. The van der Waals surface area contributed by atoms with Crippen molar-refractivity contribution in [1.82, 2.24) is 4.31 Å². The molecule has 0 saturated carbocycles. The lowest BCUT2D eigenvalue weighted by atomic mass is 10.0. The first-order valence-electron chi connectivity index (χ1n) is 8.97. The molecule has 0 aromatic heterocycles. The van der Waals surface area contributed by atoms with Crippen molar-refractivity contribution in [2.75, 3.05) is 13.1 Å². The second-order valence-corrected chi connectivity index (χ2v) is 9.07. The van der Waals surface area contributed by atoms with Crippen LogP contribution in [0, 0.1) is 5.92 Å². The first kappa shape index (κ1) is 21.4. The van der Waals surface area contributed by atoms with Crippen molar-refractivity contribution in [2.45, 2.75) is 37.3 Å². The summed E-state index contributed by atoms with van der Waals surface area (Å²) in [5.41, 5.74) is 7.11. The summed E-state index contributed by atoms with van der Waals surface area (Å²) in [6.07, 6.45) is -0.549. The van der Waals surface area contributed by atoms with Crippen molar-refractivity contribution in [3.05, 3.63) is 60.2 Å². The molecule has 0 bridgehead atoms. The lowest BCUT2D eigenvalue weighted by molar-refractivity contribution is 0.116. The summed E-state index contributed by atoms with van der Waals surface area (Å²) in [7, 11) is -3.81. The van der Waals surface area contributed by atoms with E-state index in [0.29, 0.717) is 6.42 Å². The van der Waals surface area contributed by atoms with E-state index in [0.717, 1.165) is 5.56 Å². The first-order valence-corrected chi connectivity index (χ1v) is 10.4. The van der Waals surface area contributed by atoms with Crippen molar-refractivity contribution in [1.29, 1.82) is 0 Å². The van der Waals surface area contributed by atoms with Crippen LogP contribution in [0.5, 0.6) is 5.75 Å². The Balaban J connectivity index is 2.16. The maximum atomic E-state index is 13.0. The molecule has 7 heteroatoms. The number of aliphatic hydroxyl groups excluding tert-OH is 1. The number of nitrogens with two attached hydrogens (primary N) is 1. The van der Waals surface area contributed by atoms with E-state index in [-0.39, 0.29) is 29.7 Å². The zero-order valence-electron chi connectivity index (χ0n) is 15.7. The highest BCUT2D eigenvalue weighted by atomic mass is 32.2. The fourth-order valence-electron chi connectivity index (χ4n) is 2.81. The summed E-state index contributed by atoms with van der Waals surface area (Å²) in [5, 5.41) is 19.9. The average Bonchev–Trinajstić information content (AvgIpc) is 2.62. The van der Waals surface area contributed by atoms with Gasteiger partial charge in [0.2, 0.25) is 10.0 Å². The molecule has 6 nitrogen and oxygen atoms in total. The van der Waals surface area contributed by atoms with Gasteiger partial charge in [-0.2, -0.15) is 4.31 Å². The van der Waals surface area contributed by atoms with Crippen molar-refractivity contribution in [3.8, 4) is 5.75 Å². The minimum Gasteiger partial charge on any atom is -0.508 e. The molecule has 0 heterocycles. The van der Waals surface area contributed by atoms with Gasteiger partial charge in [0.25, 0.3) is 0 Å². The molecule has 148 valence electrons. The standard InChI is InChI=1S/C20H28N2O4S/c1-15(2)13-22(27(25,26)18-10-8-17(23)9-11-18)14-20(24)19(21)12-16-6-4-3-5-7-16/h3-11,15,19-20,23-24H,12-14,21H2,1-2H3/t19-,20+/m0/s1. The number of hydrogen-bond donors (Lipinski definition) is 3. The van der Waals surface area contributed by atoms with Crippen molar-refractivity contribution in [2.24, 2.45) is 11.7 Å². The van der Waals surface area contributed by atoms with Gasteiger partial charge in [0.1, 0.15) is 5.75 Å². The Labute approximate surface area is 161 Å². The summed E-state index contributed by atoms with van der Waals surface area (Å²) in [5.74, 6) is 0.0729. The minimum absolute atomic E-state index is 0.00530. The Hall–Kier alpha value is -1.93. The van der Waals surface area contributed by atoms with Crippen LogP contribution in [0.3, 0.4) is 0 Å². The minimum atomic E-state index is -3.81. The van der Waals surface area contributed by atoms with Gasteiger partial charge in [0.05, 0.1) is 11.0 Å². The maximum Gasteiger partial charge on any atom is 0.243 e. The summed E-state index contributed by atoms with van der Waals surface area (Å²) in [4.78, 5) is 0.0739. The third kappa shape index (κ3) is 6.04. The van der Waals surface area contributed by atoms with Gasteiger partial charge in [0.15, 0.2) is 0 Å². The quantitative estimate of drug-likeness (QED) is 0.605. The second kappa shape index (κ2) is 9.32. The van der Waals surface area contributed by atoms with E-state index in [1.54, 1.807) is 0 Å². The Bertz CT molecular complexity index is 808. The van der Waals surface area contributed by atoms with Crippen LogP contribution in [0.25, 0.3) is 0 Å². The van der Waals surface area contributed by atoms with Crippen LogP contribution in [0.1, 0.15) is 19.4 Å². The highest BCUT2D eigenvalue weighted by molar-refractivity contribution is 7.89. The first-order chi connectivity index (χ1) is 12.7. The number of aromatic hydroxyl groups is 1. The summed E-state index contributed by atoms with van der Waals surface area (Å²) in [6.45, 7) is 4.00. The molecule has 2 aromatic carbocycles. The zero-order valence-corrected chi connectivity index (χ0v) is 16.5. The van der Waals surface area contributed by atoms with Crippen LogP contribution in [-0.2, 0) is 16.4 Å². The number of phenols is 1. The normalized spacial score (nSPS) is 14.4. The average molecular weight is 393 g/mol. The van der Waals surface area contributed by atoms with Gasteiger partial charge < -0.3 is 15.9 Å². The fourth-order valence-corrected chi connectivity index (χ4v) is 4.43. The van der Waals surface area contributed by atoms with Crippen molar-refractivity contribution >= 4 is 10.0 Å². The monoisotopic (exact) mass is 392 g/mol. The van der Waals surface area contributed by atoms with Gasteiger partial charge in [-0.05, 0) is 42.2 Å². The summed E-state index contributed by atoms with van der Waals surface area (Å²) < 4.78 is 27.2. The number of nitrogens with zero attached hydrogens (tertiary/aromatic N) is 1. The van der Waals surface area contributed by atoms with E-state index in [1.165, 1.54) is 28.6 Å². The number of benzene rings is 2. The van der Waals surface area contributed by atoms with E-state index < -0.39 is 22.2 Å². The van der Waals surface area contributed by atoms with E-state index >= 15 is 0 Å². The van der Waals surface area contributed by atoms with Gasteiger partial charge in [-0.3, -0.25) is 0 Å². The van der Waals surface area contributed by atoms with Crippen LogP contribution in [0.15, 0.2) is 59.5 Å². The zero-order chi connectivity index (χ0) is 20.0. The van der Waals surface area contributed by atoms with Crippen molar-refractivity contribution in [3.63, 3.8) is 0 Å². The Morgan fingerprint density at radius 3 is 2.15 bits per heavy atom. The van der Waals surface area contributed by atoms with Gasteiger partial charge in [-0.1, -0.05) is 44.2 Å². The third-order valence-electron chi connectivity index (χ3n) is 4.24. The van der Waals surface area contributed by atoms with Crippen LogP contribution >= 0.6 is 0 Å². The molecule has 4 N–H and O–H groups in total. The maximum absolute atomic E-state index is 13.0. The van der Waals surface area contributed by atoms with Gasteiger partial charge in [-0.15, -0.1) is 0 Å². The predicted molar refractivity (Wildman–Crippen MR) is 106 cm³/mol. The molecule has 0 unspecified atom stereocenters. The van der Waals surface area contributed by atoms with E-state index in [1.807, 2.05) is 44.2 Å². The van der Waals surface area contributed by atoms with Gasteiger partial charge in [0, 0.05) is 19.1 Å². The molecule has 27 heavy (non-hydrogen) atoms. The molecule has 0 saturated heterocycles. The number of phenolic OH excluding ortho intramolecular Hbond substituents is 1. The molecule has 2 atom stereocenters. The number of rotatable bonds is 9. The van der Waals surface area contributed by atoms with Crippen molar-refractivity contribution < 1.29 is 18.6 Å². The van der Waals surface area contributed by atoms with Gasteiger partial charge >= 0.3 is 0 Å². The van der Waals surface area contributed by atoms with E-state index in [9.17, 15) is 18.6 Å². The van der Waals surface area contributed by atoms with E-state index in [2.05, 4.69) is 0 Å². The molecule has 2 aromatic rings. The Kier molecular flexibility index (Phi) is 7.38. The summed E-state index contributed by atoms with van der Waals surface area (Å²) >= 11 is 0. The number of hydrogen-bond acceptors (Lipinski definition) is 5. The van der Waals surface area contributed by atoms with E-state index in [4.69, 9.17) is 5.73 Å². The molecular weight excluding hydrogens is 364 g/mol. The SMILES string of the molecule is CC(C)CN(C[C@@H](O)[C@@H](N)Cc1ccccc1)S(=O)(=O)c1ccc(O)cc1. The molecule has 0 aliphatic carbocycles. The fraction of sp³-hybridized carbons (Fsp3) is 0.400. The predicted octanol–water partition coefficient (Wildman–Crippen LogP) is 1.97. The number of sulfonamides is 1. The van der Waals surface area contributed by atoms with Crippen LogP contribution in [-0.4, -0.2) is 48.2 Å². The molecule has 0 fully saturated rings. The van der Waals surface area contributed by atoms with Gasteiger partial charge in [-0.25, -0.2) is 8.42 Å². The van der Waals surface area contributed by atoms with Crippen LogP contribution < -0.4 is 5.73 Å². The smallest absolute Gasteiger partial charge is 0.243 e. The lowest BCUT2D eigenvalue weighted by Crippen LogP contribution is -2.47. The van der Waals surface area contributed by atoms with Crippen LogP contribution in [0.4, 0.5) is 0 Å². The summed E-state index contributed by atoms with van der Waals surface area (Å²) in [6, 6.07) is 14.3. The largest absolute Gasteiger partial charge is 0.508 e. The van der Waals surface area contributed by atoms with Crippen LogP contribution in [0.2, 0.25) is 0 Å². The topological polar surface area (TPSA) is 104 Å². The molecule has 0 amide bonds. The molecule has 0 spiro atoms. The second-order valence-electron chi connectivity index (χ2n) is 7.13. The molecule has 0 radical (unpaired) electrons. The molecular formula is C20H28N2O4S.